The van der Waals surface area contributed by atoms with Gasteiger partial charge < -0.3 is 14.8 Å². The molecule has 1 amide bonds. The van der Waals surface area contributed by atoms with Crippen LogP contribution in [0.1, 0.15) is 18.1 Å². The first kappa shape index (κ1) is 18.0. The van der Waals surface area contributed by atoms with E-state index in [1.54, 1.807) is 31.4 Å². The Morgan fingerprint density at radius 2 is 1.83 bits per heavy atom. The number of esters is 1. The second-order valence-electron chi connectivity index (χ2n) is 5.17. The fraction of sp³-hybridized carbons (Fsp3) is 0.222. The van der Waals surface area contributed by atoms with Gasteiger partial charge in [-0.3, -0.25) is 9.59 Å². The van der Waals surface area contributed by atoms with E-state index in [9.17, 15) is 9.59 Å². The van der Waals surface area contributed by atoms with Crippen LogP contribution in [0.4, 0.5) is 5.69 Å². The molecule has 0 aromatic heterocycles. The van der Waals surface area contributed by atoms with Gasteiger partial charge in [-0.2, -0.15) is 0 Å². The van der Waals surface area contributed by atoms with Crippen molar-refractivity contribution in [2.75, 3.05) is 12.4 Å². The molecule has 0 aliphatic rings. The number of hydrogen-bond donors (Lipinski definition) is 1. The van der Waals surface area contributed by atoms with Crippen molar-refractivity contribution in [1.29, 1.82) is 0 Å². The highest BCUT2D eigenvalue weighted by Gasteiger charge is 2.09. The highest BCUT2D eigenvalue weighted by molar-refractivity contribution is 9.10. The summed E-state index contributed by atoms with van der Waals surface area (Å²) in [6, 6.07) is 12.6. The van der Waals surface area contributed by atoms with Gasteiger partial charge in [-0.05, 0) is 35.9 Å². The Bertz CT molecular complexity index is 728. The van der Waals surface area contributed by atoms with Crippen molar-refractivity contribution in [1.82, 2.24) is 0 Å². The van der Waals surface area contributed by atoms with Gasteiger partial charge in [0.15, 0.2) is 0 Å². The van der Waals surface area contributed by atoms with Gasteiger partial charge >= 0.3 is 5.97 Å². The van der Waals surface area contributed by atoms with Crippen LogP contribution in [-0.2, 0) is 27.4 Å². The molecule has 0 radical (unpaired) electrons. The monoisotopic (exact) mass is 391 g/mol. The van der Waals surface area contributed by atoms with Crippen molar-refractivity contribution in [3.8, 4) is 5.75 Å². The Kier molecular flexibility index (Phi) is 6.37. The van der Waals surface area contributed by atoms with Crippen LogP contribution in [-0.4, -0.2) is 19.0 Å². The lowest BCUT2D eigenvalue weighted by Crippen LogP contribution is -2.09. The first-order valence-corrected chi connectivity index (χ1v) is 8.12. The van der Waals surface area contributed by atoms with Crippen LogP contribution in [0, 0.1) is 0 Å². The molecule has 0 bridgehead atoms. The summed E-state index contributed by atoms with van der Waals surface area (Å²) >= 11 is 3.38. The van der Waals surface area contributed by atoms with Crippen LogP contribution in [0.2, 0.25) is 0 Å². The smallest absolute Gasteiger partial charge is 0.310 e. The summed E-state index contributed by atoms with van der Waals surface area (Å²) in [4.78, 5) is 23.0. The van der Waals surface area contributed by atoms with Gasteiger partial charge in [0, 0.05) is 22.6 Å². The van der Waals surface area contributed by atoms with Crippen LogP contribution in [0.15, 0.2) is 46.9 Å². The van der Waals surface area contributed by atoms with Gasteiger partial charge in [0.25, 0.3) is 0 Å². The van der Waals surface area contributed by atoms with Crippen LogP contribution in [0.25, 0.3) is 0 Å². The Morgan fingerprint density at radius 1 is 1.12 bits per heavy atom. The molecule has 126 valence electrons. The Balaban J connectivity index is 1.91. The number of hydrogen-bond acceptors (Lipinski definition) is 4. The number of ether oxygens (including phenoxy) is 2. The molecule has 5 nitrogen and oxygen atoms in total. The first-order chi connectivity index (χ1) is 11.5. The molecule has 24 heavy (non-hydrogen) atoms. The summed E-state index contributed by atoms with van der Waals surface area (Å²) < 4.78 is 11.5. The van der Waals surface area contributed by atoms with Crippen molar-refractivity contribution in [3.05, 3.63) is 58.1 Å². The summed E-state index contributed by atoms with van der Waals surface area (Å²) in [5, 5.41) is 2.68. The molecule has 2 rings (SSSR count). The third-order valence-electron chi connectivity index (χ3n) is 3.25. The fourth-order valence-electron chi connectivity index (χ4n) is 2.15. The Morgan fingerprint density at radius 3 is 2.46 bits per heavy atom. The van der Waals surface area contributed by atoms with E-state index >= 15 is 0 Å². The molecule has 2 aromatic rings. The summed E-state index contributed by atoms with van der Waals surface area (Å²) in [5.41, 5.74) is 2.30. The lowest BCUT2D eigenvalue weighted by atomic mass is 10.1. The van der Waals surface area contributed by atoms with E-state index in [0.29, 0.717) is 11.4 Å². The average molecular weight is 392 g/mol. The molecule has 0 saturated heterocycles. The number of rotatable bonds is 6. The van der Waals surface area contributed by atoms with E-state index in [0.717, 1.165) is 15.6 Å². The molecular formula is C18H18BrNO4. The molecule has 0 aliphatic heterocycles. The molecule has 0 fully saturated rings. The van der Waals surface area contributed by atoms with Gasteiger partial charge in [0.1, 0.15) is 12.4 Å². The second-order valence-corrected chi connectivity index (χ2v) is 6.09. The van der Waals surface area contributed by atoms with E-state index in [-0.39, 0.29) is 24.9 Å². The van der Waals surface area contributed by atoms with Gasteiger partial charge in [0.2, 0.25) is 5.91 Å². The molecule has 0 unspecified atom stereocenters. The number of halogens is 1. The SMILES string of the molecule is COc1ccc(Br)cc1COC(=O)Cc1ccc(NC(C)=O)cc1. The maximum atomic E-state index is 12.0. The van der Waals surface area contributed by atoms with Crippen molar-refractivity contribution in [2.45, 2.75) is 20.0 Å². The topological polar surface area (TPSA) is 64.6 Å². The zero-order valence-electron chi connectivity index (χ0n) is 13.5. The Hall–Kier alpha value is -2.34. The highest BCUT2D eigenvalue weighted by Crippen LogP contribution is 2.23. The summed E-state index contributed by atoms with van der Waals surface area (Å²) in [5.74, 6) is 0.208. The standard InChI is InChI=1S/C18H18BrNO4/c1-12(21)20-16-6-3-13(4-7-16)9-18(22)24-11-14-10-15(19)5-8-17(14)23-2/h3-8,10H,9,11H2,1-2H3,(H,20,21). The molecule has 1 N–H and O–H groups in total. The molecular weight excluding hydrogens is 374 g/mol. The third kappa shape index (κ3) is 5.38. The van der Waals surface area contributed by atoms with Crippen LogP contribution in [0.5, 0.6) is 5.75 Å². The highest BCUT2D eigenvalue weighted by atomic mass is 79.9. The number of amides is 1. The zero-order valence-corrected chi connectivity index (χ0v) is 15.1. The van der Waals surface area contributed by atoms with Crippen molar-refractivity contribution < 1.29 is 19.1 Å². The summed E-state index contributed by atoms with van der Waals surface area (Å²) in [6.07, 6.45) is 0.163. The number of nitrogens with one attached hydrogen (secondary N) is 1. The average Bonchev–Trinajstić information content (AvgIpc) is 2.54. The van der Waals surface area contributed by atoms with Crippen LogP contribution in [0.3, 0.4) is 0 Å². The minimum absolute atomic E-state index is 0.134. The quantitative estimate of drug-likeness (QED) is 0.762. The lowest BCUT2D eigenvalue weighted by Gasteiger charge is -2.10. The van der Waals surface area contributed by atoms with Gasteiger partial charge in [0.05, 0.1) is 13.5 Å². The maximum absolute atomic E-state index is 12.0. The largest absolute Gasteiger partial charge is 0.496 e. The molecule has 0 aliphatic carbocycles. The van der Waals surface area contributed by atoms with Gasteiger partial charge in [-0.25, -0.2) is 0 Å². The number of methoxy groups -OCH3 is 1. The molecule has 0 atom stereocenters. The van der Waals surface area contributed by atoms with E-state index in [1.807, 2.05) is 18.2 Å². The number of carbonyl (C=O) groups is 2. The first-order valence-electron chi connectivity index (χ1n) is 7.32. The maximum Gasteiger partial charge on any atom is 0.310 e. The minimum atomic E-state index is -0.329. The molecule has 0 spiro atoms. The van der Waals surface area contributed by atoms with Crippen molar-refractivity contribution in [3.63, 3.8) is 0 Å². The van der Waals surface area contributed by atoms with Crippen molar-refractivity contribution >= 4 is 33.5 Å². The van der Waals surface area contributed by atoms with Gasteiger partial charge in [-0.1, -0.05) is 28.1 Å². The van der Waals surface area contributed by atoms with Gasteiger partial charge in [-0.15, -0.1) is 0 Å². The summed E-state index contributed by atoms with van der Waals surface area (Å²) in [7, 11) is 1.57. The third-order valence-corrected chi connectivity index (χ3v) is 3.75. The molecule has 0 saturated carbocycles. The predicted octanol–water partition coefficient (Wildman–Crippen LogP) is 3.70. The van der Waals surface area contributed by atoms with Crippen LogP contribution >= 0.6 is 15.9 Å². The van der Waals surface area contributed by atoms with E-state index in [4.69, 9.17) is 9.47 Å². The normalized spacial score (nSPS) is 10.1. The van der Waals surface area contributed by atoms with E-state index < -0.39 is 0 Å². The zero-order chi connectivity index (χ0) is 17.5. The lowest BCUT2D eigenvalue weighted by molar-refractivity contribution is -0.144. The van der Waals surface area contributed by atoms with Crippen LogP contribution < -0.4 is 10.1 Å². The number of carbonyl (C=O) groups excluding carboxylic acids is 2. The van der Waals surface area contributed by atoms with E-state index in [1.165, 1.54) is 6.92 Å². The van der Waals surface area contributed by atoms with E-state index in [2.05, 4.69) is 21.2 Å². The minimum Gasteiger partial charge on any atom is -0.496 e. The summed E-state index contributed by atoms with van der Waals surface area (Å²) in [6.45, 7) is 1.59. The number of benzene rings is 2. The molecule has 0 heterocycles. The predicted molar refractivity (Wildman–Crippen MR) is 94.9 cm³/mol. The molecule has 2 aromatic carbocycles. The number of anilines is 1. The molecule has 6 heteroatoms. The fourth-order valence-corrected chi connectivity index (χ4v) is 2.55. The Labute approximate surface area is 149 Å². The van der Waals surface area contributed by atoms with Crippen molar-refractivity contribution in [2.24, 2.45) is 0 Å². The second kappa shape index (κ2) is 8.49.